The zero-order valence-electron chi connectivity index (χ0n) is 7.11. The molecule has 66 valence electrons. The Morgan fingerprint density at radius 3 is 2.58 bits per heavy atom. The Morgan fingerprint density at radius 1 is 1.67 bits per heavy atom. The molecule has 1 atom stereocenters. The van der Waals surface area contributed by atoms with Crippen LogP contribution in [0.2, 0.25) is 0 Å². The van der Waals surface area contributed by atoms with Gasteiger partial charge >= 0.3 is 5.97 Å². The SMILES string of the molecule is CC(C)COC(=O)C(C#N)C=O. The van der Waals surface area contributed by atoms with Crippen molar-refractivity contribution in [2.75, 3.05) is 6.61 Å². The Kier molecular flexibility index (Phi) is 4.70. The zero-order valence-corrected chi connectivity index (χ0v) is 7.11. The van der Waals surface area contributed by atoms with Crippen molar-refractivity contribution in [2.24, 2.45) is 11.8 Å². The van der Waals surface area contributed by atoms with Crippen LogP contribution < -0.4 is 0 Å². The second kappa shape index (κ2) is 5.30. The van der Waals surface area contributed by atoms with Crippen LogP contribution in [0.15, 0.2) is 0 Å². The third-order valence-corrected chi connectivity index (χ3v) is 1.09. The van der Waals surface area contributed by atoms with Gasteiger partial charge in [0.1, 0.15) is 6.29 Å². The van der Waals surface area contributed by atoms with Gasteiger partial charge in [-0.2, -0.15) is 5.26 Å². The number of ether oxygens (including phenoxy) is 1. The monoisotopic (exact) mass is 169 g/mol. The number of rotatable bonds is 4. The van der Waals surface area contributed by atoms with Crippen LogP contribution in [-0.4, -0.2) is 18.9 Å². The molecule has 0 radical (unpaired) electrons. The number of nitriles is 1. The van der Waals surface area contributed by atoms with Gasteiger partial charge in [0, 0.05) is 0 Å². The van der Waals surface area contributed by atoms with Gasteiger partial charge < -0.3 is 9.53 Å². The fraction of sp³-hybridized carbons (Fsp3) is 0.625. The van der Waals surface area contributed by atoms with Crippen LogP contribution in [-0.2, 0) is 14.3 Å². The van der Waals surface area contributed by atoms with Crippen molar-refractivity contribution in [3.05, 3.63) is 0 Å². The van der Waals surface area contributed by atoms with Crippen molar-refractivity contribution < 1.29 is 14.3 Å². The molecule has 12 heavy (non-hydrogen) atoms. The summed E-state index contributed by atoms with van der Waals surface area (Å²) in [5, 5.41) is 8.28. The summed E-state index contributed by atoms with van der Waals surface area (Å²) in [4.78, 5) is 20.9. The molecule has 0 aromatic rings. The average molecular weight is 169 g/mol. The average Bonchev–Trinajstić information content (AvgIpc) is 2.03. The fourth-order valence-corrected chi connectivity index (χ4v) is 0.477. The zero-order chi connectivity index (χ0) is 9.56. The predicted molar refractivity (Wildman–Crippen MR) is 41.0 cm³/mol. The van der Waals surface area contributed by atoms with Crippen molar-refractivity contribution >= 4 is 12.3 Å². The van der Waals surface area contributed by atoms with Crippen LogP contribution in [0.5, 0.6) is 0 Å². The normalized spacial score (nSPS) is 11.8. The summed E-state index contributed by atoms with van der Waals surface area (Å²) < 4.78 is 4.65. The van der Waals surface area contributed by atoms with E-state index in [1.807, 2.05) is 13.8 Å². The van der Waals surface area contributed by atoms with Gasteiger partial charge in [-0.25, -0.2) is 0 Å². The highest BCUT2D eigenvalue weighted by Gasteiger charge is 2.18. The molecule has 4 heteroatoms. The summed E-state index contributed by atoms with van der Waals surface area (Å²) in [5.41, 5.74) is 0. The van der Waals surface area contributed by atoms with Gasteiger partial charge in [-0.15, -0.1) is 0 Å². The maximum absolute atomic E-state index is 10.8. The van der Waals surface area contributed by atoms with E-state index in [2.05, 4.69) is 4.74 Å². The van der Waals surface area contributed by atoms with Crippen LogP contribution in [0, 0.1) is 23.2 Å². The molecule has 0 aliphatic rings. The molecule has 0 aromatic carbocycles. The van der Waals surface area contributed by atoms with E-state index in [4.69, 9.17) is 5.26 Å². The fourth-order valence-electron chi connectivity index (χ4n) is 0.477. The smallest absolute Gasteiger partial charge is 0.330 e. The molecular formula is C8H11NO3. The molecule has 0 N–H and O–H groups in total. The number of hydrogen-bond donors (Lipinski definition) is 0. The van der Waals surface area contributed by atoms with Crippen LogP contribution in [0.4, 0.5) is 0 Å². The van der Waals surface area contributed by atoms with E-state index in [0.717, 1.165) is 0 Å². The van der Waals surface area contributed by atoms with E-state index < -0.39 is 11.9 Å². The topological polar surface area (TPSA) is 67.2 Å². The molecular weight excluding hydrogens is 158 g/mol. The van der Waals surface area contributed by atoms with Crippen molar-refractivity contribution in [1.82, 2.24) is 0 Å². The predicted octanol–water partition coefficient (Wildman–Crippen LogP) is 0.524. The number of hydrogen-bond acceptors (Lipinski definition) is 4. The van der Waals surface area contributed by atoms with Gasteiger partial charge in [0.2, 0.25) is 0 Å². The van der Waals surface area contributed by atoms with Gasteiger partial charge in [0.25, 0.3) is 0 Å². The number of aldehydes is 1. The highest BCUT2D eigenvalue weighted by molar-refractivity contribution is 5.90. The maximum atomic E-state index is 10.8. The highest BCUT2D eigenvalue weighted by atomic mass is 16.5. The van der Waals surface area contributed by atoms with E-state index in [1.54, 1.807) is 0 Å². The van der Waals surface area contributed by atoms with E-state index in [1.165, 1.54) is 6.07 Å². The number of carbonyl (C=O) groups is 2. The van der Waals surface area contributed by atoms with Crippen molar-refractivity contribution in [3.8, 4) is 6.07 Å². The Hall–Kier alpha value is -1.37. The summed E-state index contributed by atoms with van der Waals surface area (Å²) in [6, 6.07) is 1.53. The first-order valence-corrected chi connectivity index (χ1v) is 3.63. The van der Waals surface area contributed by atoms with Gasteiger partial charge in [0.05, 0.1) is 12.7 Å². The minimum atomic E-state index is -1.27. The lowest BCUT2D eigenvalue weighted by atomic mass is 10.2. The minimum Gasteiger partial charge on any atom is -0.464 e. The van der Waals surface area contributed by atoms with Crippen molar-refractivity contribution in [1.29, 1.82) is 5.26 Å². The highest BCUT2D eigenvalue weighted by Crippen LogP contribution is 1.98. The first-order valence-electron chi connectivity index (χ1n) is 3.63. The lowest BCUT2D eigenvalue weighted by molar-refractivity contribution is -0.148. The molecule has 0 heterocycles. The molecule has 4 nitrogen and oxygen atoms in total. The minimum absolute atomic E-state index is 0.208. The third kappa shape index (κ3) is 3.71. The summed E-state index contributed by atoms with van der Waals surface area (Å²) in [6.45, 7) is 3.98. The molecule has 0 amide bonds. The number of carbonyl (C=O) groups excluding carboxylic acids is 2. The molecule has 0 spiro atoms. The summed E-state index contributed by atoms with van der Waals surface area (Å²) in [6.07, 6.45) is 0.280. The van der Waals surface area contributed by atoms with E-state index in [0.29, 0.717) is 0 Å². The second-order valence-electron chi connectivity index (χ2n) is 2.77. The van der Waals surface area contributed by atoms with E-state index in [-0.39, 0.29) is 18.8 Å². The van der Waals surface area contributed by atoms with Crippen LogP contribution in [0.25, 0.3) is 0 Å². The molecule has 0 bridgehead atoms. The molecule has 0 aliphatic heterocycles. The Balaban J connectivity index is 3.87. The lowest BCUT2D eigenvalue weighted by Gasteiger charge is -2.06. The Labute approximate surface area is 71.1 Å². The molecule has 0 saturated carbocycles. The van der Waals surface area contributed by atoms with Crippen LogP contribution in [0.1, 0.15) is 13.8 Å². The molecule has 0 aliphatic carbocycles. The quantitative estimate of drug-likeness (QED) is 0.349. The van der Waals surface area contributed by atoms with E-state index in [9.17, 15) is 9.59 Å². The molecule has 1 unspecified atom stereocenters. The van der Waals surface area contributed by atoms with Crippen molar-refractivity contribution in [3.63, 3.8) is 0 Å². The van der Waals surface area contributed by atoms with Gasteiger partial charge in [-0.3, -0.25) is 4.79 Å². The largest absolute Gasteiger partial charge is 0.464 e. The molecule has 0 aromatic heterocycles. The Bertz CT molecular complexity index is 205. The standard InChI is InChI=1S/C8H11NO3/c1-6(2)5-12-8(11)7(3-9)4-10/h4,6-7H,5H2,1-2H3. The molecule has 0 fully saturated rings. The maximum Gasteiger partial charge on any atom is 0.330 e. The Morgan fingerprint density at radius 2 is 2.25 bits per heavy atom. The summed E-state index contributed by atoms with van der Waals surface area (Å²) >= 11 is 0. The van der Waals surface area contributed by atoms with Crippen LogP contribution in [0.3, 0.4) is 0 Å². The number of nitrogens with zero attached hydrogens (tertiary/aromatic N) is 1. The summed E-state index contributed by atoms with van der Waals surface area (Å²) in [7, 11) is 0. The van der Waals surface area contributed by atoms with Crippen molar-refractivity contribution in [2.45, 2.75) is 13.8 Å². The number of esters is 1. The van der Waals surface area contributed by atoms with Gasteiger partial charge in [-0.05, 0) is 5.92 Å². The first-order chi connectivity index (χ1) is 5.61. The van der Waals surface area contributed by atoms with Gasteiger partial charge in [-0.1, -0.05) is 13.8 Å². The molecule has 0 rings (SSSR count). The van der Waals surface area contributed by atoms with E-state index >= 15 is 0 Å². The third-order valence-electron chi connectivity index (χ3n) is 1.09. The van der Waals surface area contributed by atoms with Gasteiger partial charge in [0.15, 0.2) is 5.92 Å². The lowest BCUT2D eigenvalue weighted by Crippen LogP contribution is -2.19. The summed E-state index contributed by atoms with van der Waals surface area (Å²) in [5.74, 6) is -1.83. The van der Waals surface area contributed by atoms with Crippen LogP contribution >= 0.6 is 0 Å². The second-order valence-corrected chi connectivity index (χ2v) is 2.77. The first kappa shape index (κ1) is 10.6. The molecule has 0 saturated heterocycles.